The normalized spacial score (nSPS) is 29.6. The van der Waals surface area contributed by atoms with Gasteiger partial charge in [0.25, 0.3) is 0 Å². The predicted octanol–water partition coefficient (Wildman–Crippen LogP) is 4.97. The van der Waals surface area contributed by atoms with Crippen LogP contribution in [0.15, 0.2) is 6.20 Å². The van der Waals surface area contributed by atoms with Crippen LogP contribution in [0.5, 0.6) is 0 Å². The molecule has 184 valence electrons. The number of nitro groups is 1. The molecule has 11 heteroatoms. The molecule has 4 fully saturated rings. The molecule has 2 atom stereocenters. The number of hydrogen-bond acceptors (Lipinski definition) is 5. The Balaban J connectivity index is 1.40. The summed E-state index contributed by atoms with van der Waals surface area (Å²) in [5.74, 6) is 0.816. The van der Waals surface area contributed by atoms with Crippen molar-refractivity contribution in [3.8, 4) is 0 Å². The van der Waals surface area contributed by atoms with Gasteiger partial charge < -0.3 is 15.0 Å². The molecule has 2 unspecified atom stereocenters. The van der Waals surface area contributed by atoms with Gasteiger partial charge in [0, 0.05) is 20.0 Å². The van der Waals surface area contributed by atoms with E-state index in [-0.39, 0.29) is 27.7 Å². The average molecular weight is 509 g/mol. The Kier molecular flexibility index (Phi) is 5.71. The van der Waals surface area contributed by atoms with E-state index in [9.17, 15) is 14.9 Å². The van der Waals surface area contributed by atoms with Crippen molar-refractivity contribution < 1.29 is 9.72 Å². The maximum Gasteiger partial charge on any atom is 0.408 e. The smallest absolute Gasteiger partial charge is 0.358 e. The lowest BCUT2D eigenvalue weighted by Gasteiger charge is -2.61. The molecular weight excluding hydrogens is 479 g/mol. The molecule has 2 heterocycles. The second-order valence-corrected chi connectivity index (χ2v) is 11.5. The Bertz CT molecular complexity index is 1140. The van der Waals surface area contributed by atoms with Crippen LogP contribution in [0.4, 0.5) is 5.82 Å². The van der Waals surface area contributed by atoms with Gasteiger partial charge in [0.1, 0.15) is 0 Å². The standard InChI is InChI=1S/C23H30Cl2N6O3/c1-4-29-18(17(24)11-26-29)12-28(3)19(32)10-22-6-15-5-16(7-22)9-23(8-15,13-22)30-14(2)20(25)21(27-30)31(33)34/h11,15-16H,4-10,12-13H2,1-3H3. The third-order valence-electron chi connectivity index (χ3n) is 8.34. The Morgan fingerprint density at radius 3 is 2.56 bits per heavy atom. The van der Waals surface area contributed by atoms with Gasteiger partial charge in [0.2, 0.25) is 5.91 Å². The van der Waals surface area contributed by atoms with Gasteiger partial charge in [-0.25, -0.2) is 0 Å². The number of carbonyl (C=O) groups excluding carboxylic acids is 1. The van der Waals surface area contributed by atoms with Gasteiger partial charge in [-0.3, -0.25) is 9.48 Å². The summed E-state index contributed by atoms with van der Waals surface area (Å²) in [6.45, 7) is 4.92. The fourth-order valence-electron chi connectivity index (χ4n) is 7.49. The van der Waals surface area contributed by atoms with E-state index >= 15 is 0 Å². The number of halogens is 2. The van der Waals surface area contributed by atoms with Crippen LogP contribution in [0.1, 0.15) is 63.3 Å². The summed E-state index contributed by atoms with van der Waals surface area (Å²) < 4.78 is 3.66. The molecule has 6 rings (SSSR count). The van der Waals surface area contributed by atoms with E-state index in [2.05, 4.69) is 10.2 Å². The number of amides is 1. The lowest BCUT2D eigenvalue weighted by molar-refractivity contribution is -0.389. The summed E-state index contributed by atoms with van der Waals surface area (Å²) in [7, 11) is 1.82. The second kappa shape index (κ2) is 8.22. The molecule has 0 aromatic carbocycles. The number of nitrogens with zero attached hydrogens (tertiary/aromatic N) is 6. The fraction of sp³-hybridized carbons (Fsp3) is 0.696. The van der Waals surface area contributed by atoms with Crippen molar-refractivity contribution in [2.24, 2.45) is 17.3 Å². The average Bonchev–Trinajstić information content (AvgIpc) is 3.26. The first-order valence-corrected chi connectivity index (χ1v) is 12.7. The lowest BCUT2D eigenvalue weighted by Crippen LogP contribution is -2.58. The van der Waals surface area contributed by atoms with Crippen LogP contribution >= 0.6 is 23.2 Å². The minimum absolute atomic E-state index is 0.0956. The van der Waals surface area contributed by atoms with Crippen molar-refractivity contribution in [1.82, 2.24) is 24.5 Å². The van der Waals surface area contributed by atoms with Crippen molar-refractivity contribution in [3.05, 3.63) is 37.7 Å². The van der Waals surface area contributed by atoms with Crippen molar-refractivity contribution in [3.63, 3.8) is 0 Å². The molecule has 4 bridgehead atoms. The van der Waals surface area contributed by atoms with E-state index < -0.39 is 4.92 Å². The maximum atomic E-state index is 13.4. The predicted molar refractivity (Wildman–Crippen MR) is 128 cm³/mol. The molecule has 9 nitrogen and oxygen atoms in total. The number of hydrogen-bond donors (Lipinski definition) is 0. The number of carbonyl (C=O) groups is 1. The van der Waals surface area contributed by atoms with E-state index in [1.807, 2.05) is 30.3 Å². The van der Waals surface area contributed by atoms with Crippen LogP contribution in [0.25, 0.3) is 0 Å². The molecule has 34 heavy (non-hydrogen) atoms. The van der Waals surface area contributed by atoms with Gasteiger partial charge in [-0.1, -0.05) is 23.2 Å². The third-order valence-corrected chi connectivity index (χ3v) is 9.09. The third kappa shape index (κ3) is 3.71. The molecule has 0 saturated heterocycles. The molecule has 0 spiro atoms. The molecule has 4 aliphatic rings. The molecule has 2 aromatic rings. The van der Waals surface area contributed by atoms with Gasteiger partial charge in [0.15, 0.2) is 5.02 Å². The first-order chi connectivity index (χ1) is 16.1. The van der Waals surface area contributed by atoms with Crippen molar-refractivity contribution in [2.75, 3.05) is 7.05 Å². The Morgan fingerprint density at radius 2 is 1.97 bits per heavy atom. The Labute approximate surface area is 208 Å². The van der Waals surface area contributed by atoms with Crippen LogP contribution in [0, 0.1) is 34.3 Å². The van der Waals surface area contributed by atoms with Crippen molar-refractivity contribution >= 4 is 34.9 Å². The number of rotatable bonds is 7. The van der Waals surface area contributed by atoms with E-state index in [0.717, 1.165) is 44.2 Å². The zero-order valence-corrected chi connectivity index (χ0v) is 21.3. The molecule has 0 radical (unpaired) electrons. The SMILES string of the molecule is CCn1ncc(Cl)c1CN(C)C(=O)CC12CC3CC(C1)CC(n1nc([N+](=O)[O-])c(Cl)c1C)(C3)C2. The van der Waals surface area contributed by atoms with Gasteiger partial charge in [0.05, 0.1) is 39.8 Å². The Hall–Kier alpha value is -2.13. The molecule has 4 saturated carbocycles. The monoisotopic (exact) mass is 508 g/mol. The summed E-state index contributed by atoms with van der Waals surface area (Å²) in [5.41, 5.74) is 1.06. The van der Waals surface area contributed by atoms with Gasteiger partial charge >= 0.3 is 5.82 Å². The van der Waals surface area contributed by atoms with Crippen LogP contribution in [0.2, 0.25) is 10.0 Å². The first-order valence-electron chi connectivity index (χ1n) is 11.9. The van der Waals surface area contributed by atoms with Crippen LogP contribution in [0.3, 0.4) is 0 Å². The maximum absolute atomic E-state index is 13.4. The van der Waals surface area contributed by atoms with Crippen LogP contribution in [-0.2, 0) is 23.4 Å². The van der Waals surface area contributed by atoms with Crippen LogP contribution in [-0.4, -0.2) is 42.3 Å². The molecule has 4 aliphatic carbocycles. The van der Waals surface area contributed by atoms with E-state index in [1.165, 1.54) is 0 Å². The fourth-order valence-corrected chi connectivity index (χ4v) is 7.88. The van der Waals surface area contributed by atoms with Gasteiger partial charge in [-0.15, -0.1) is 0 Å². The van der Waals surface area contributed by atoms with Crippen molar-refractivity contribution in [2.45, 2.75) is 77.4 Å². The molecule has 0 aliphatic heterocycles. The summed E-state index contributed by atoms with van der Waals surface area (Å²) in [6, 6.07) is 0. The highest BCUT2D eigenvalue weighted by Gasteiger charge is 2.61. The number of aryl methyl sites for hydroxylation is 1. The zero-order chi connectivity index (χ0) is 24.4. The van der Waals surface area contributed by atoms with E-state index in [0.29, 0.717) is 42.1 Å². The molecule has 0 N–H and O–H groups in total. The summed E-state index contributed by atoms with van der Waals surface area (Å²) in [6.07, 6.45) is 7.98. The highest BCUT2D eigenvalue weighted by atomic mass is 35.5. The zero-order valence-electron chi connectivity index (χ0n) is 19.8. The summed E-state index contributed by atoms with van der Waals surface area (Å²) >= 11 is 12.6. The summed E-state index contributed by atoms with van der Waals surface area (Å²) in [5, 5.41) is 20.8. The molecular formula is C23H30Cl2N6O3. The largest absolute Gasteiger partial charge is 0.408 e. The van der Waals surface area contributed by atoms with Gasteiger partial charge in [-0.2, -0.15) is 9.78 Å². The minimum Gasteiger partial charge on any atom is -0.358 e. The van der Waals surface area contributed by atoms with Crippen LogP contribution < -0.4 is 0 Å². The van der Waals surface area contributed by atoms with E-state index in [4.69, 9.17) is 23.2 Å². The highest BCUT2D eigenvalue weighted by Crippen LogP contribution is 2.65. The quantitative estimate of drug-likeness (QED) is 0.388. The minimum atomic E-state index is -0.507. The molecule has 1 amide bonds. The number of aromatic nitrogens is 4. The topological polar surface area (TPSA) is 99.1 Å². The van der Waals surface area contributed by atoms with E-state index in [1.54, 1.807) is 11.1 Å². The highest BCUT2D eigenvalue weighted by molar-refractivity contribution is 6.33. The second-order valence-electron chi connectivity index (χ2n) is 10.8. The Morgan fingerprint density at radius 1 is 1.29 bits per heavy atom. The molecule has 2 aromatic heterocycles. The lowest BCUT2D eigenvalue weighted by atomic mass is 9.46. The first kappa shape index (κ1) is 23.6. The van der Waals surface area contributed by atoms with Crippen molar-refractivity contribution in [1.29, 1.82) is 0 Å². The van der Waals surface area contributed by atoms with Gasteiger partial charge in [-0.05, 0) is 74.5 Å². The summed E-state index contributed by atoms with van der Waals surface area (Å²) in [4.78, 5) is 26.2.